The van der Waals surface area contributed by atoms with Gasteiger partial charge in [0.05, 0.1) is 9.79 Å². The third-order valence-corrected chi connectivity index (χ3v) is 8.29. The number of hydrogen-bond donors (Lipinski definition) is 1. The summed E-state index contributed by atoms with van der Waals surface area (Å²) in [7, 11) is -8.61. The number of benzene rings is 2. The number of anilines is 1. The van der Waals surface area contributed by atoms with Gasteiger partial charge in [-0.3, -0.25) is 0 Å². The number of rotatable bonds is 6. The summed E-state index contributed by atoms with van der Waals surface area (Å²) in [5.74, 6) is 0.337. The highest BCUT2D eigenvalue weighted by Gasteiger charge is 2.33. The molecule has 0 fully saturated rings. The van der Waals surface area contributed by atoms with E-state index in [1.54, 1.807) is 30.5 Å². The second kappa shape index (κ2) is 7.95. The number of pyridine rings is 1. The molecule has 8 heteroatoms. The second-order valence-corrected chi connectivity index (χ2v) is 10.1. The fraction of sp³-hybridized carbons (Fsp3) is 0.0500. The van der Waals surface area contributed by atoms with E-state index in [0.717, 1.165) is 11.8 Å². The quantitative estimate of drug-likeness (QED) is 0.663. The Morgan fingerprint density at radius 2 is 1.32 bits per heavy atom. The maximum Gasteiger partial charge on any atom is 0.219 e. The fourth-order valence-corrected chi connectivity index (χ4v) is 6.14. The molecule has 0 atom stereocenters. The largest absolute Gasteiger partial charge is 0.345 e. The molecule has 3 rings (SSSR count). The van der Waals surface area contributed by atoms with Crippen molar-refractivity contribution in [2.45, 2.75) is 16.7 Å². The van der Waals surface area contributed by atoms with Crippen LogP contribution in [0.2, 0.25) is 0 Å². The average molecular weight is 415 g/mol. The van der Waals surface area contributed by atoms with E-state index in [1.807, 2.05) is 6.92 Å². The van der Waals surface area contributed by atoms with Crippen molar-refractivity contribution in [1.82, 2.24) is 4.98 Å². The third-order valence-electron chi connectivity index (χ3n) is 3.89. The molecule has 28 heavy (non-hydrogen) atoms. The van der Waals surface area contributed by atoms with E-state index in [2.05, 4.69) is 10.3 Å². The van der Waals surface area contributed by atoms with Crippen molar-refractivity contribution >= 4 is 25.5 Å². The first-order valence-corrected chi connectivity index (χ1v) is 11.3. The van der Waals surface area contributed by atoms with Crippen molar-refractivity contribution in [1.29, 1.82) is 0 Å². The molecule has 1 heterocycles. The molecule has 144 valence electrons. The van der Waals surface area contributed by atoms with Crippen LogP contribution in [0.25, 0.3) is 0 Å². The SMILES string of the molecule is Cc1ccnc(NC=C(S(=O)(=O)c2ccccc2)S(=O)(=O)c2ccccc2)c1. The van der Waals surface area contributed by atoms with Gasteiger partial charge in [0.25, 0.3) is 0 Å². The van der Waals surface area contributed by atoms with Gasteiger partial charge in [-0.2, -0.15) is 0 Å². The number of hydrogen-bond acceptors (Lipinski definition) is 6. The first-order valence-electron chi connectivity index (χ1n) is 8.31. The van der Waals surface area contributed by atoms with Crippen LogP contribution in [0.5, 0.6) is 0 Å². The third kappa shape index (κ3) is 4.13. The molecule has 0 bridgehead atoms. The molecule has 0 saturated heterocycles. The van der Waals surface area contributed by atoms with Gasteiger partial charge in [-0.25, -0.2) is 21.8 Å². The molecule has 0 aliphatic heterocycles. The molecule has 6 nitrogen and oxygen atoms in total. The summed E-state index contributed by atoms with van der Waals surface area (Å²) in [6.07, 6.45) is 2.52. The topological polar surface area (TPSA) is 93.2 Å². The Morgan fingerprint density at radius 1 is 0.821 bits per heavy atom. The Labute approximate surface area is 164 Å². The lowest BCUT2D eigenvalue weighted by molar-refractivity contribution is 0.595. The van der Waals surface area contributed by atoms with Crippen LogP contribution in [0, 0.1) is 6.92 Å². The first-order chi connectivity index (χ1) is 13.3. The molecule has 0 spiro atoms. The van der Waals surface area contributed by atoms with E-state index in [4.69, 9.17) is 0 Å². The van der Waals surface area contributed by atoms with Crippen LogP contribution < -0.4 is 5.32 Å². The second-order valence-electron chi connectivity index (χ2n) is 5.96. The lowest BCUT2D eigenvalue weighted by Gasteiger charge is -2.11. The van der Waals surface area contributed by atoms with Crippen LogP contribution in [0.3, 0.4) is 0 Å². The molecular formula is C20H18N2O4S2. The zero-order chi connectivity index (χ0) is 20.2. The minimum atomic E-state index is -4.30. The minimum Gasteiger partial charge on any atom is -0.345 e. The molecule has 1 aromatic heterocycles. The van der Waals surface area contributed by atoms with Crippen molar-refractivity contribution in [2.24, 2.45) is 0 Å². The van der Waals surface area contributed by atoms with Crippen LogP contribution in [0.1, 0.15) is 5.56 Å². The lowest BCUT2D eigenvalue weighted by atomic mass is 10.3. The van der Waals surface area contributed by atoms with Gasteiger partial charge in [-0.05, 0) is 48.9 Å². The molecule has 0 unspecified atom stereocenters. The van der Waals surface area contributed by atoms with E-state index in [1.165, 1.54) is 48.5 Å². The predicted octanol–water partition coefficient (Wildman–Crippen LogP) is 3.55. The van der Waals surface area contributed by atoms with Gasteiger partial charge in [-0.15, -0.1) is 0 Å². The Bertz CT molecular complexity index is 1130. The Kier molecular flexibility index (Phi) is 5.62. The number of nitrogens with one attached hydrogen (secondary N) is 1. The summed E-state index contributed by atoms with van der Waals surface area (Å²) in [6, 6.07) is 18.3. The van der Waals surface area contributed by atoms with Gasteiger partial charge in [0.15, 0.2) is 4.24 Å². The summed E-state index contributed by atoms with van der Waals surface area (Å²) < 4.78 is 51.8. The van der Waals surface area contributed by atoms with Crippen molar-refractivity contribution < 1.29 is 16.8 Å². The van der Waals surface area contributed by atoms with Crippen molar-refractivity contribution in [2.75, 3.05) is 5.32 Å². The summed E-state index contributed by atoms with van der Waals surface area (Å²) in [5, 5.41) is 2.71. The van der Waals surface area contributed by atoms with Crippen LogP contribution >= 0.6 is 0 Å². The fourth-order valence-electron chi connectivity index (χ4n) is 2.48. The first kappa shape index (κ1) is 19.8. The molecule has 2 aromatic carbocycles. The van der Waals surface area contributed by atoms with Gasteiger partial charge in [0.2, 0.25) is 19.7 Å². The number of sulfone groups is 2. The van der Waals surface area contributed by atoms with Gasteiger partial charge in [0.1, 0.15) is 5.82 Å². The molecule has 0 saturated carbocycles. The number of nitrogens with zero attached hydrogens (tertiary/aromatic N) is 1. The number of aryl methyl sites for hydroxylation is 1. The molecule has 1 N–H and O–H groups in total. The minimum absolute atomic E-state index is 0.111. The molecule has 0 radical (unpaired) electrons. The summed E-state index contributed by atoms with van der Waals surface area (Å²) >= 11 is 0. The van der Waals surface area contributed by atoms with Crippen LogP contribution in [0.4, 0.5) is 5.82 Å². The van der Waals surface area contributed by atoms with Crippen molar-refractivity contribution in [3.63, 3.8) is 0 Å². The van der Waals surface area contributed by atoms with Gasteiger partial charge in [0, 0.05) is 12.4 Å². The zero-order valence-electron chi connectivity index (χ0n) is 15.0. The smallest absolute Gasteiger partial charge is 0.219 e. The Morgan fingerprint density at radius 3 is 1.79 bits per heavy atom. The van der Waals surface area contributed by atoms with Crippen LogP contribution in [-0.4, -0.2) is 21.8 Å². The monoisotopic (exact) mass is 414 g/mol. The normalized spacial score (nSPS) is 11.6. The van der Waals surface area contributed by atoms with E-state index in [0.29, 0.717) is 5.82 Å². The molecule has 0 aliphatic rings. The van der Waals surface area contributed by atoms with E-state index in [-0.39, 0.29) is 9.79 Å². The van der Waals surface area contributed by atoms with Gasteiger partial charge in [-0.1, -0.05) is 36.4 Å². The Balaban J connectivity index is 2.16. The van der Waals surface area contributed by atoms with Gasteiger partial charge >= 0.3 is 0 Å². The summed E-state index contributed by atoms with van der Waals surface area (Å²) in [5.41, 5.74) is 0.893. The van der Waals surface area contributed by atoms with E-state index in [9.17, 15) is 16.8 Å². The highest BCUT2D eigenvalue weighted by molar-refractivity contribution is 8.14. The maximum atomic E-state index is 13.1. The van der Waals surface area contributed by atoms with Gasteiger partial charge < -0.3 is 5.32 Å². The highest BCUT2D eigenvalue weighted by Crippen LogP contribution is 2.29. The molecule has 3 aromatic rings. The highest BCUT2D eigenvalue weighted by atomic mass is 32.3. The maximum absolute atomic E-state index is 13.1. The molecular weight excluding hydrogens is 396 g/mol. The Hall–Kier alpha value is -2.97. The lowest BCUT2D eigenvalue weighted by Crippen LogP contribution is -2.16. The van der Waals surface area contributed by atoms with E-state index < -0.39 is 23.9 Å². The molecule has 0 aliphatic carbocycles. The standard InChI is InChI=1S/C20H18N2O4S2/c1-16-12-13-21-19(14-16)22-15-20(27(23,24)17-8-4-2-5-9-17)28(25,26)18-10-6-3-7-11-18/h2-15H,1H3,(H,21,22). The predicted molar refractivity (Wildman–Crippen MR) is 108 cm³/mol. The summed E-state index contributed by atoms with van der Waals surface area (Å²) in [6.45, 7) is 1.85. The average Bonchev–Trinajstić information content (AvgIpc) is 2.69. The molecule has 0 amide bonds. The van der Waals surface area contributed by atoms with E-state index >= 15 is 0 Å². The summed E-state index contributed by atoms with van der Waals surface area (Å²) in [4.78, 5) is 3.85. The number of aromatic nitrogens is 1. The van der Waals surface area contributed by atoms with Crippen molar-refractivity contribution in [3.05, 3.63) is 95.0 Å². The zero-order valence-corrected chi connectivity index (χ0v) is 16.6. The van der Waals surface area contributed by atoms with Crippen LogP contribution in [0.15, 0.2) is 99.2 Å². The van der Waals surface area contributed by atoms with Crippen LogP contribution in [-0.2, 0) is 19.7 Å². The van der Waals surface area contributed by atoms with Crippen molar-refractivity contribution in [3.8, 4) is 0 Å².